The van der Waals surface area contributed by atoms with Crippen LogP contribution in [-0.4, -0.2) is 18.7 Å². The highest BCUT2D eigenvalue weighted by Gasteiger charge is 2.18. The third-order valence-electron chi connectivity index (χ3n) is 4.54. The topological polar surface area (TPSA) is 61.3 Å². The molecule has 0 bridgehead atoms. The normalized spacial score (nSPS) is 11.9. The Hall–Kier alpha value is -2.38. The molecule has 140 valence electrons. The lowest BCUT2D eigenvalue weighted by atomic mass is 10.1. The number of aromatic nitrogens is 4. The molecule has 4 aromatic rings. The summed E-state index contributed by atoms with van der Waals surface area (Å²) in [5, 5.41) is 6.94. The van der Waals surface area contributed by atoms with Gasteiger partial charge in [-0.15, -0.1) is 16.4 Å². The van der Waals surface area contributed by atoms with E-state index in [0.29, 0.717) is 40.0 Å². The molecule has 0 N–H and O–H groups in total. The van der Waals surface area contributed by atoms with Crippen LogP contribution in [0.15, 0.2) is 45.3 Å². The van der Waals surface area contributed by atoms with E-state index in [4.69, 9.17) is 11.6 Å². The first-order valence-electron chi connectivity index (χ1n) is 8.79. The van der Waals surface area contributed by atoms with Crippen molar-refractivity contribution in [3.8, 4) is 0 Å². The van der Waals surface area contributed by atoms with Crippen molar-refractivity contribution < 1.29 is 0 Å². The van der Waals surface area contributed by atoms with Crippen LogP contribution in [0.1, 0.15) is 25.8 Å². The van der Waals surface area contributed by atoms with Crippen molar-refractivity contribution in [3.63, 3.8) is 0 Å². The van der Waals surface area contributed by atoms with Crippen LogP contribution >= 0.6 is 22.9 Å². The maximum Gasteiger partial charge on any atom is 0.352 e. The Morgan fingerprint density at radius 2 is 2.04 bits per heavy atom. The molecule has 0 spiro atoms. The second kappa shape index (κ2) is 6.98. The van der Waals surface area contributed by atoms with Crippen LogP contribution in [0, 0.1) is 5.92 Å². The predicted molar refractivity (Wildman–Crippen MR) is 109 cm³/mol. The van der Waals surface area contributed by atoms with E-state index in [2.05, 4.69) is 18.9 Å². The van der Waals surface area contributed by atoms with Gasteiger partial charge in [0.2, 0.25) is 5.78 Å². The zero-order chi connectivity index (χ0) is 19.1. The zero-order valence-electron chi connectivity index (χ0n) is 15.1. The van der Waals surface area contributed by atoms with Gasteiger partial charge in [0, 0.05) is 11.6 Å². The Morgan fingerprint density at radius 3 is 2.78 bits per heavy atom. The lowest BCUT2D eigenvalue weighted by molar-refractivity contribution is 0.512. The second-order valence-electron chi connectivity index (χ2n) is 6.98. The molecule has 4 rings (SSSR count). The average molecular weight is 403 g/mol. The fraction of sp³-hybridized carbons (Fsp3) is 0.316. The van der Waals surface area contributed by atoms with Crippen molar-refractivity contribution in [2.75, 3.05) is 0 Å². The number of fused-ring (bicyclic) bond motifs is 3. The molecule has 0 aliphatic rings. The SMILES string of the molecule is CC(C)CCn1c(=O)c2sccc2n2c(=O)n(Cc3cccc(Cl)c3)nc12. The van der Waals surface area contributed by atoms with E-state index in [0.717, 1.165) is 12.0 Å². The van der Waals surface area contributed by atoms with E-state index in [1.54, 1.807) is 16.7 Å². The molecule has 8 heteroatoms. The summed E-state index contributed by atoms with van der Waals surface area (Å²) in [6.45, 7) is 5.04. The number of halogens is 1. The minimum Gasteiger partial charge on any atom is -0.276 e. The second-order valence-corrected chi connectivity index (χ2v) is 8.33. The standard InChI is InChI=1S/C19H19ClN4O2S/c1-12(2)6-8-22-17(25)16-15(7-9-27-16)24-18(22)21-23(19(24)26)11-13-4-3-5-14(20)10-13/h3-5,7,9-10,12H,6,8,11H2,1-2H3. The van der Waals surface area contributed by atoms with Crippen molar-refractivity contribution in [1.29, 1.82) is 0 Å². The maximum atomic E-state index is 13.1. The van der Waals surface area contributed by atoms with Crippen molar-refractivity contribution in [1.82, 2.24) is 18.7 Å². The van der Waals surface area contributed by atoms with Gasteiger partial charge in [0.15, 0.2) is 0 Å². The summed E-state index contributed by atoms with van der Waals surface area (Å²) in [4.78, 5) is 26.0. The lowest BCUT2D eigenvalue weighted by Gasteiger charge is -2.09. The van der Waals surface area contributed by atoms with Gasteiger partial charge in [-0.2, -0.15) is 0 Å². The fourth-order valence-electron chi connectivity index (χ4n) is 3.13. The van der Waals surface area contributed by atoms with Gasteiger partial charge in [-0.05, 0) is 41.5 Å². The summed E-state index contributed by atoms with van der Waals surface area (Å²) >= 11 is 7.41. The monoisotopic (exact) mass is 402 g/mol. The molecule has 6 nitrogen and oxygen atoms in total. The molecular weight excluding hydrogens is 384 g/mol. The van der Waals surface area contributed by atoms with E-state index in [9.17, 15) is 9.59 Å². The number of thiophene rings is 1. The number of hydrogen-bond acceptors (Lipinski definition) is 4. The van der Waals surface area contributed by atoms with Gasteiger partial charge >= 0.3 is 5.69 Å². The molecule has 3 heterocycles. The van der Waals surface area contributed by atoms with E-state index in [-0.39, 0.29) is 11.2 Å². The van der Waals surface area contributed by atoms with Crippen molar-refractivity contribution in [3.05, 3.63) is 67.1 Å². The molecule has 3 aromatic heterocycles. The highest BCUT2D eigenvalue weighted by molar-refractivity contribution is 7.17. The van der Waals surface area contributed by atoms with Gasteiger partial charge in [0.25, 0.3) is 5.56 Å². The average Bonchev–Trinajstić information content (AvgIpc) is 3.20. The molecule has 0 saturated heterocycles. The Kier molecular flexibility index (Phi) is 4.65. The summed E-state index contributed by atoms with van der Waals surface area (Å²) in [5.41, 5.74) is 1.15. The zero-order valence-corrected chi connectivity index (χ0v) is 16.6. The Bertz CT molecular complexity index is 1250. The Balaban J connectivity index is 1.93. The first kappa shape index (κ1) is 18.0. The summed E-state index contributed by atoms with van der Waals surface area (Å²) in [6.07, 6.45) is 0.835. The van der Waals surface area contributed by atoms with Crippen LogP contribution in [-0.2, 0) is 13.1 Å². The molecule has 0 aliphatic heterocycles. The van der Waals surface area contributed by atoms with Gasteiger partial charge in [-0.3, -0.25) is 9.36 Å². The van der Waals surface area contributed by atoms with Crippen molar-refractivity contribution in [2.24, 2.45) is 5.92 Å². The first-order chi connectivity index (χ1) is 13.0. The highest BCUT2D eigenvalue weighted by Crippen LogP contribution is 2.18. The molecule has 0 atom stereocenters. The number of nitrogens with zero attached hydrogens (tertiary/aromatic N) is 4. The van der Waals surface area contributed by atoms with E-state index in [1.807, 2.05) is 23.6 Å². The summed E-state index contributed by atoms with van der Waals surface area (Å²) in [6, 6.07) is 9.14. The summed E-state index contributed by atoms with van der Waals surface area (Å²) in [7, 11) is 0. The predicted octanol–water partition coefficient (Wildman–Crippen LogP) is 3.62. The van der Waals surface area contributed by atoms with Crippen LogP contribution in [0.4, 0.5) is 0 Å². The van der Waals surface area contributed by atoms with Gasteiger partial charge in [0.05, 0.1) is 12.1 Å². The highest BCUT2D eigenvalue weighted by atomic mass is 35.5. The van der Waals surface area contributed by atoms with Gasteiger partial charge in [-0.1, -0.05) is 37.6 Å². The van der Waals surface area contributed by atoms with Gasteiger partial charge in [0.1, 0.15) is 4.70 Å². The third-order valence-corrected chi connectivity index (χ3v) is 5.67. The molecule has 0 radical (unpaired) electrons. The molecule has 0 saturated carbocycles. The maximum absolute atomic E-state index is 13.1. The molecule has 0 fully saturated rings. The van der Waals surface area contributed by atoms with Gasteiger partial charge in [-0.25, -0.2) is 13.9 Å². The quantitative estimate of drug-likeness (QED) is 0.512. The number of benzene rings is 1. The van der Waals surface area contributed by atoms with E-state index < -0.39 is 0 Å². The molecule has 0 aliphatic carbocycles. The molecule has 0 unspecified atom stereocenters. The minimum atomic E-state index is -0.258. The number of aryl methyl sites for hydroxylation is 1. The van der Waals surface area contributed by atoms with E-state index >= 15 is 0 Å². The smallest absolute Gasteiger partial charge is 0.276 e. The minimum absolute atomic E-state index is 0.0898. The van der Waals surface area contributed by atoms with E-state index in [1.165, 1.54) is 20.4 Å². The third kappa shape index (κ3) is 3.21. The summed E-state index contributed by atoms with van der Waals surface area (Å²) in [5.74, 6) is 0.829. The number of rotatable bonds is 5. The van der Waals surface area contributed by atoms with Crippen LogP contribution in [0.25, 0.3) is 16.0 Å². The van der Waals surface area contributed by atoms with Gasteiger partial charge < -0.3 is 0 Å². The number of hydrogen-bond donors (Lipinski definition) is 0. The molecular formula is C19H19ClN4O2S. The van der Waals surface area contributed by atoms with Crippen molar-refractivity contribution >= 4 is 38.9 Å². The molecule has 1 aromatic carbocycles. The fourth-order valence-corrected chi connectivity index (χ4v) is 4.17. The Morgan fingerprint density at radius 1 is 1.22 bits per heavy atom. The van der Waals surface area contributed by atoms with Crippen LogP contribution in [0.2, 0.25) is 5.02 Å². The molecule has 27 heavy (non-hydrogen) atoms. The first-order valence-corrected chi connectivity index (χ1v) is 10.1. The van der Waals surface area contributed by atoms with Crippen LogP contribution in [0.3, 0.4) is 0 Å². The summed E-state index contributed by atoms with van der Waals surface area (Å²) < 4.78 is 5.13. The lowest BCUT2D eigenvalue weighted by Crippen LogP contribution is -2.26. The largest absolute Gasteiger partial charge is 0.352 e. The van der Waals surface area contributed by atoms with Crippen LogP contribution < -0.4 is 11.2 Å². The molecule has 0 amide bonds. The van der Waals surface area contributed by atoms with Crippen LogP contribution in [0.5, 0.6) is 0 Å². The Labute approximate surface area is 164 Å². The van der Waals surface area contributed by atoms with Crippen molar-refractivity contribution in [2.45, 2.75) is 33.4 Å².